The van der Waals surface area contributed by atoms with Crippen molar-refractivity contribution in [2.45, 2.75) is 31.7 Å². The van der Waals surface area contributed by atoms with Gasteiger partial charge in [-0.05, 0) is 49.4 Å². The van der Waals surface area contributed by atoms with Crippen LogP contribution in [0.25, 0.3) is 0 Å². The molecule has 3 N–H and O–H groups in total. The van der Waals surface area contributed by atoms with Crippen LogP contribution < -0.4 is 11.1 Å². The van der Waals surface area contributed by atoms with Gasteiger partial charge < -0.3 is 11.1 Å². The molecule has 2 aromatic carbocycles. The highest BCUT2D eigenvalue weighted by molar-refractivity contribution is 5.48. The third-order valence-electron chi connectivity index (χ3n) is 4.37. The molecule has 0 amide bonds. The molecule has 2 heteroatoms. The van der Waals surface area contributed by atoms with Crippen molar-refractivity contribution in [2.24, 2.45) is 5.73 Å². The molecule has 0 aromatic heterocycles. The molecule has 0 radical (unpaired) electrons. The summed E-state index contributed by atoms with van der Waals surface area (Å²) in [5.41, 5.74) is 11.5. The molecule has 2 nitrogen and oxygen atoms in total. The first-order chi connectivity index (χ1) is 9.71. The second-order valence-electron chi connectivity index (χ2n) is 5.92. The Morgan fingerprint density at radius 3 is 2.45 bits per heavy atom. The van der Waals surface area contributed by atoms with Crippen LogP contribution in [-0.4, -0.2) is 12.1 Å². The molecule has 1 unspecified atom stereocenters. The van der Waals surface area contributed by atoms with E-state index in [1.807, 2.05) is 0 Å². The summed E-state index contributed by atoms with van der Waals surface area (Å²) in [6.07, 6.45) is 3.20. The normalized spacial score (nSPS) is 21.3. The van der Waals surface area contributed by atoms with E-state index in [1.54, 1.807) is 0 Å². The maximum atomic E-state index is 6.11. The summed E-state index contributed by atoms with van der Waals surface area (Å²) in [6, 6.07) is 17.3. The number of nitrogens with two attached hydrogens (primary N) is 1. The molecule has 1 aliphatic rings. The van der Waals surface area contributed by atoms with Crippen molar-refractivity contribution in [1.82, 2.24) is 0 Å². The first-order valence-corrected chi connectivity index (χ1v) is 7.32. The number of aryl methyl sites for hydroxylation is 2. The Hall–Kier alpha value is -1.80. The van der Waals surface area contributed by atoms with E-state index in [1.165, 1.54) is 22.4 Å². The predicted octanol–water partition coefficient (Wildman–Crippen LogP) is 3.29. The summed E-state index contributed by atoms with van der Waals surface area (Å²) >= 11 is 0. The van der Waals surface area contributed by atoms with Crippen LogP contribution >= 0.6 is 0 Å². The maximum Gasteiger partial charge on any atom is 0.0539 e. The number of nitrogens with one attached hydrogen (secondary N) is 1. The van der Waals surface area contributed by atoms with E-state index >= 15 is 0 Å². The molecule has 1 atom stereocenters. The highest BCUT2D eigenvalue weighted by atomic mass is 15.0. The molecule has 2 aromatic rings. The molecule has 104 valence electrons. The Labute approximate surface area is 121 Å². The fraction of sp³-hybridized carbons (Fsp3) is 0.333. The van der Waals surface area contributed by atoms with Gasteiger partial charge in [0.05, 0.1) is 5.54 Å². The van der Waals surface area contributed by atoms with Gasteiger partial charge in [-0.3, -0.25) is 0 Å². The summed E-state index contributed by atoms with van der Waals surface area (Å²) in [6.45, 7) is 2.77. The van der Waals surface area contributed by atoms with Gasteiger partial charge in [-0.2, -0.15) is 0 Å². The Kier molecular flexibility index (Phi) is 3.49. The number of fused-ring (bicyclic) bond motifs is 1. The second kappa shape index (κ2) is 5.29. The monoisotopic (exact) mass is 266 g/mol. The number of benzene rings is 2. The average Bonchev–Trinajstić information content (AvgIpc) is 2.49. The lowest BCUT2D eigenvalue weighted by molar-refractivity contribution is 0.417. The van der Waals surface area contributed by atoms with Gasteiger partial charge in [0.15, 0.2) is 0 Å². The van der Waals surface area contributed by atoms with Gasteiger partial charge >= 0.3 is 0 Å². The molecule has 0 heterocycles. The molecular formula is C18H22N2. The first kappa shape index (κ1) is 13.2. The molecule has 0 aliphatic heterocycles. The van der Waals surface area contributed by atoms with E-state index in [9.17, 15) is 0 Å². The molecule has 0 saturated carbocycles. The SMILES string of the molecule is Cc1ccc(NC2(CN)CCc3ccccc3C2)cc1. The van der Waals surface area contributed by atoms with Crippen LogP contribution in [0.2, 0.25) is 0 Å². The Morgan fingerprint density at radius 1 is 1.05 bits per heavy atom. The molecule has 0 bridgehead atoms. The minimum absolute atomic E-state index is 0.0103. The Morgan fingerprint density at radius 2 is 1.75 bits per heavy atom. The molecule has 0 fully saturated rings. The highest BCUT2D eigenvalue weighted by Crippen LogP contribution is 2.31. The van der Waals surface area contributed by atoms with Crippen LogP contribution in [0.3, 0.4) is 0 Å². The maximum absolute atomic E-state index is 6.11. The molecule has 3 rings (SSSR count). The number of anilines is 1. The van der Waals surface area contributed by atoms with E-state index in [0.717, 1.165) is 19.3 Å². The first-order valence-electron chi connectivity index (χ1n) is 7.32. The number of hydrogen-bond acceptors (Lipinski definition) is 2. The van der Waals surface area contributed by atoms with Crippen LogP contribution in [0.1, 0.15) is 23.1 Å². The third-order valence-corrected chi connectivity index (χ3v) is 4.37. The van der Waals surface area contributed by atoms with Gasteiger partial charge in [-0.1, -0.05) is 42.0 Å². The zero-order valence-corrected chi connectivity index (χ0v) is 12.0. The molecular weight excluding hydrogens is 244 g/mol. The van der Waals surface area contributed by atoms with Gasteiger partial charge in [0, 0.05) is 12.2 Å². The Balaban J connectivity index is 1.84. The summed E-state index contributed by atoms with van der Waals surface area (Å²) < 4.78 is 0. The van der Waals surface area contributed by atoms with Gasteiger partial charge in [0.2, 0.25) is 0 Å². The molecule has 1 aliphatic carbocycles. The van der Waals surface area contributed by atoms with Gasteiger partial charge in [0.1, 0.15) is 0 Å². The smallest absolute Gasteiger partial charge is 0.0539 e. The van der Waals surface area contributed by atoms with E-state index in [0.29, 0.717) is 6.54 Å². The van der Waals surface area contributed by atoms with Gasteiger partial charge in [0.25, 0.3) is 0 Å². The van der Waals surface area contributed by atoms with Gasteiger partial charge in [-0.15, -0.1) is 0 Å². The van der Waals surface area contributed by atoms with E-state index in [-0.39, 0.29) is 5.54 Å². The van der Waals surface area contributed by atoms with E-state index in [4.69, 9.17) is 5.73 Å². The van der Waals surface area contributed by atoms with Gasteiger partial charge in [-0.25, -0.2) is 0 Å². The standard InChI is InChI=1S/C18H22N2/c1-14-6-8-17(9-7-14)20-18(13-19)11-10-15-4-2-3-5-16(15)12-18/h2-9,20H,10-13,19H2,1H3. The largest absolute Gasteiger partial charge is 0.378 e. The lowest BCUT2D eigenvalue weighted by atomic mass is 9.77. The summed E-state index contributed by atoms with van der Waals surface area (Å²) in [5.74, 6) is 0. The minimum Gasteiger partial charge on any atom is -0.378 e. The number of hydrogen-bond donors (Lipinski definition) is 2. The zero-order chi connectivity index (χ0) is 14.0. The van der Waals surface area contributed by atoms with Crippen LogP contribution in [0.5, 0.6) is 0 Å². The van der Waals surface area contributed by atoms with Crippen LogP contribution in [0, 0.1) is 6.92 Å². The van der Waals surface area contributed by atoms with Crippen LogP contribution in [0.15, 0.2) is 48.5 Å². The lowest BCUT2D eigenvalue weighted by Gasteiger charge is -2.39. The highest BCUT2D eigenvalue weighted by Gasteiger charge is 2.32. The fourth-order valence-corrected chi connectivity index (χ4v) is 3.08. The summed E-state index contributed by atoms with van der Waals surface area (Å²) in [7, 11) is 0. The van der Waals surface area contributed by atoms with Crippen molar-refractivity contribution in [3.8, 4) is 0 Å². The van der Waals surface area contributed by atoms with Crippen molar-refractivity contribution in [2.75, 3.05) is 11.9 Å². The van der Waals surface area contributed by atoms with E-state index < -0.39 is 0 Å². The van der Waals surface area contributed by atoms with Crippen molar-refractivity contribution >= 4 is 5.69 Å². The summed E-state index contributed by atoms with van der Waals surface area (Å²) in [5, 5.41) is 3.69. The van der Waals surface area contributed by atoms with Crippen LogP contribution in [-0.2, 0) is 12.8 Å². The van der Waals surface area contributed by atoms with Crippen molar-refractivity contribution < 1.29 is 0 Å². The number of rotatable bonds is 3. The Bertz CT molecular complexity index is 589. The molecule has 20 heavy (non-hydrogen) atoms. The molecule has 0 saturated heterocycles. The van der Waals surface area contributed by atoms with E-state index in [2.05, 4.69) is 60.8 Å². The summed E-state index contributed by atoms with van der Waals surface area (Å²) in [4.78, 5) is 0. The van der Waals surface area contributed by atoms with Crippen molar-refractivity contribution in [1.29, 1.82) is 0 Å². The third kappa shape index (κ3) is 2.56. The fourth-order valence-electron chi connectivity index (χ4n) is 3.08. The topological polar surface area (TPSA) is 38.0 Å². The minimum atomic E-state index is -0.0103. The molecule has 0 spiro atoms. The predicted molar refractivity (Wildman–Crippen MR) is 85.1 cm³/mol. The lowest BCUT2D eigenvalue weighted by Crippen LogP contribution is -2.49. The zero-order valence-electron chi connectivity index (χ0n) is 12.0. The van der Waals surface area contributed by atoms with Crippen LogP contribution in [0.4, 0.5) is 5.69 Å². The quantitative estimate of drug-likeness (QED) is 0.894. The second-order valence-corrected chi connectivity index (χ2v) is 5.92. The van der Waals surface area contributed by atoms with Crippen molar-refractivity contribution in [3.63, 3.8) is 0 Å². The average molecular weight is 266 g/mol. The van der Waals surface area contributed by atoms with Crippen molar-refractivity contribution in [3.05, 3.63) is 65.2 Å².